The van der Waals surface area contributed by atoms with Gasteiger partial charge in [-0.2, -0.15) is 0 Å². The van der Waals surface area contributed by atoms with E-state index in [-0.39, 0.29) is 42.4 Å². The molecule has 50 valence electrons. The van der Waals surface area contributed by atoms with E-state index in [1.54, 1.807) is 13.0 Å². The molecule has 0 bridgehead atoms. The molecule has 9 heavy (non-hydrogen) atoms. The van der Waals surface area contributed by atoms with Gasteiger partial charge in [-0.1, -0.05) is 6.08 Å². The van der Waals surface area contributed by atoms with E-state index in [9.17, 15) is 4.79 Å². The monoisotopic (exact) mass is 243 g/mol. The number of esters is 1. The van der Waals surface area contributed by atoms with Crippen molar-refractivity contribution in [2.45, 2.75) is 13.8 Å². The first-order valence-electron chi connectivity index (χ1n) is 2.05. The van der Waals surface area contributed by atoms with Crippen LogP contribution in [0.2, 0.25) is 0 Å². The van der Waals surface area contributed by atoms with E-state index in [0.717, 1.165) is 0 Å². The molecule has 0 saturated heterocycles. The van der Waals surface area contributed by atoms with Crippen molar-refractivity contribution in [3.63, 3.8) is 0 Å². The Morgan fingerprint density at radius 1 is 1.56 bits per heavy atom. The van der Waals surface area contributed by atoms with Crippen LogP contribution in [0.3, 0.4) is 0 Å². The van der Waals surface area contributed by atoms with Gasteiger partial charge in [0.15, 0.2) is 0 Å². The summed E-state index contributed by atoms with van der Waals surface area (Å²) in [6.07, 6.45) is 3.00. The summed E-state index contributed by atoms with van der Waals surface area (Å²) in [7, 11) is 0. The summed E-state index contributed by atoms with van der Waals surface area (Å²) in [6, 6.07) is 0. The summed E-state index contributed by atoms with van der Waals surface area (Å²) in [4.78, 5) is 9.93. The van der Waals surface area contributed by atoms with Crippen LogP contribution in [0.15, 0.2) is 12.3 Å². The first kappa shape index (κ1) is 16.1. The van der Waals surface area contributed by atoms with Gasteiger partial charge in [0.25, 0.3) is 0 Å². The fourth-order valence-corrected chi connectivity index (χ4v) is 0.164. The summed E-state index contributed by atoms with van der Waals surface area (Å²) in [6.45, 7) is 3.14. The van der Waals surface area contributed by atoms with Crippen LogP contribution in [0.5, 0.6) is 0 Å². The maximum Gasteiger partial charge on any atom is 0.307 e. The quantitative estimate of drug-likeness (QED) is 0.306. The second-order valence-electron chi connectivity index (χ2n) is 1.08. The number of hydrogen-bond acceptors (Lipinski definition) is 2. The molecule has 4 heteroatoms. The van der Waals surface area contributed by atoms with Crippen LogP contribution >= 0.6 is 0 Å². The minimum absolute atomic E-state index is 0. The zero-order valence-corrected chi connectivity index (χ0v) is 10.1. The van der Waals surface area contributed by atoms with Gasteiger partial charge in [-0.25, -0.2) is 0 Å². The summed E-state index contributed by atoms with van der Waals surface area (Å²) >= 11 is 0. The molecule has 0 atom stereocenters. The van der Waals surface area contributed by atoms with E-state index >= 15 is 0 Å². The molecule has 0 unspecified atom stereocenters. The van der Waals surface area contributed by atoms with Crippen molar-refractivity contribution in [2.24, 2.45) is 0 Å². The van der Waals surface area contributed by atoms with Crippen LogP contribution in [0.25, 0.3) is 0 Å². The Kier molecular flexibility index (Phi) is 20.0. The van der Waals surface area contributed by atoms with Crippen LogP contribution in [0.1, 0.15) is 13.8 Å². The molecular formula is C5H8BrO2Zn-. The van der Waals surface area contributed by atoms with Crippen molar-refractivity contribution in [1.29, 1.82) is 0 Å². The maximum atomic E-state index is 9.93. The molecule has 0 aliphatic heterocycles. The number of carbonyl (C=O) groups excluding carboxylic acids is 1. The van der Waals surface area contributed by atoms with Gasteiger partial charge >= 0.3 is 5.97 Å². The number of carbonyl (C=O) groups is 1. The second kappa shape index (κ2) is 11.2. The van der Waals surface area contributed by atoms with Crippen LogP contribution in [-0.2, 0) is 29.0 Å². The molecule has 2 nitrogen and oxygen atoms in total. The summed E-state index contributed by atoms with van der Waals surface area (Å²) in [5, 5.41) is 0. The standard InChI is InChI=1S/C5H8O2.BrH.Zn/c1-3-4-7-5(2)6;;/h3-4H,1-2H3;1H;/p-1/b4-3-;;. The molecule has 0 aliphatic carbocycles. The molecule has 0 heterocycles. The van der Waals surface area contributed by atoms with Crippen LogP contribution < -0.4 is 17.0 Å². The maximum absolute atomic E-state index is 9.93. The van der Waals surface area contributed by atoms with E-state index in [0.29, 0.717) is 0 Å². The van der Waals surface area contributed by atoms with E-state index in [2.05, 4.69) is 4.74 Å². The fraction of sp³-hybridized carbons (Fsp3) is 0.400. The zero-order valence-electron chi connectivity index (χ0n) is 5.56. The first-order chi connectivity index (χ1) is 3.27. The molecule has 0 fully saturated rings. The molecule has 0 aromatic carbocycles. The van der Waals surface area contributed by atoms with Crippen molar-refractivity contribution < 1.29 is 46.0 Å². The Hall–Kier alpha value is 0.313. The van der Waals surface area contributed by atoms with Gasteiger partial charge in [0.2, 0.25) is 0 Å². The molecule has 0 rings (SSSR count). The van der Waals surface area contributed by atoms with Gasteiger partial charge in [-0.15, -0.1) is 0 Å². The van der Waals surface area contributed by atoms with Gasteiger partial charge in [0, 0.05) is 26.4 Å². The smallest absolute Gasteiger partial charge is 0.307 e. The fourth-order valence-electron chi connectivity index (χ4n) is 0.164. The van der Waals surface area contributed by atoms with Crippen molar-refractivity contribution in [3.05, 3.63) is 12.3 Å². The third-order valence-corrected chi connectivity index (χ3v) is 0.370. The van der Waals surface area contributed by atoms with E-state index in [4.69, 9.17) is 0 Å². The summed E-state index contributed by atoms with van der Waals surface area (Å²) in [5.74, 6) is -0.280. The third kappa shape index (κ3) is 17.8. The topological polar surface area (TPSA) is 26.3 Å². The molecule has 0 N–H and O–H groups in total. The van der Waals surface area contributed by atoms with Crippen molar-refractivity contribution in [1.82, 2.24) is 0 Å². The second-order valence-corrected chi connectivity index (χ2v) is 1.08. The average molecular weight is 245 g/mol. The average Bonchev–Trinajstić information content (AvgIpc) is 1.61. The number of allylic oxidation sites excluding steroid dienone is 1. The Bertz CT molecular complexity index is 93.0. The summed E-state index contributed by atoms with van der Waals surface area (Å²) in [5.41, 5.74) is 0. The van der Waals surface area contributed by atoms with Crippen molar-refractivity contribution in [2.75, 3.05) is 0 Å². The predicted molar refractivity (Wildman–Crippen MR) is 26.6 cm³/mol. The largest absolute Gasteiger partial charge is 1.00 e. The Labute approximate surface area is 78.2 Å². The Morgan fingerprint density at radius 2 is 2.00 bits per heavy atom. The molecule has 0 aromatic heterocycles. The van der Waals surface area contributed by atoms with E-state index in [1.807, 2.05) is 0 Å². The van der Waals surface area contributed by atoms with Gasteiger partial charge in [-0.3, -0.25) is 4.79 Å². The van der Waals surface area contributed by atoms with Crippen molar-refractivity contribution >= 4 is 5.97 Å². The normalized spacial score (nSPS) is 7.33. The SMILES string of the molecule is C/C=C\OC(C)=O.[Br-].[Zn]. The predicted octanol–water partition coefficient (Wildman–Crippen LogP) is -1.92. The van der Waals surface area contributed by atoms with E-state index in [1.165, 1.54) is 13.2 Å². The molecular weight excluding hydrogens is 237 g/mol. The molecule has 0 saturated carbocycles. The van der Waals surface area contributed by atoms with Gasteiger partial charge < -0.3 is 21.7 Å². The Balaban J connectivity index is -0.000000180. The van der Waals surface area contributed by atoms with Crippen molar-refractivity contribution in [3.8, 4) is 0 Å². The minimum atomic E-state index is -0.280. The van der Waals surface area contributed by atoms with Crippen LogP contribution in [0, 0.1) is 0 Å². The van der Waals surface area contributed by atoms with Gasteiger partial charge in [-0.05, 0) is 6.92 Å². The first-order valence-corrected chi connectivity index (χ1v) is 2.05. The molecule has 0 radical (unpaired) electrons. The number of hydrogen-bond donors (Lipinski definition) is 0. The Morgan fingerprint density at radius 3 is 2.11 bits per heavy atom. The van der Waals surface area contributed by atoms with E-state index < -0.39 is 0 Å². The summed E-state index contributed by atoms with van der Waals surface area (Å²) < 4.78 is 4.37. The number of rotatable bonds is 1. The molecule has 0 spiro atoms. The third-order valence-electron chi connectivity index (χ3n) is 0.370. The minimum Gasteiger partial charge on any atom is -1.00 e. The number of halogens is 1. The number of ether oxygens (including phenoxy) is 1. The van der Waals surface area contributed by atoms with Crippen LogP contribution in [-0.4, -0.2) is 5.97 Å². The van der Waals surface area contributed by atoms with Gasteiger partial charge in [0.1, 0.15) is 0 Å². The van der Waals surface area contributed by atoms with Gasteiger partial charge in [0.05, 0.1) is 6.26 Å². The molecule has 0 amide bonds. The zero-order chi connectivity index (χ0) is 5.70. The van der Waals surface area contributed by atoms with Crippen LogP contribution in [0.4, 0.5) is 0 Å². The molecule has 0 aliphatic rings. The molecule has 0 aromatic rings.